The molecule has 43 heavy (non-hydrogen) atoms. The molecule has 4 aromatic carbocycles. The summed E-state index contributed by atoms with van der Waals surface area (Å²) in [6.45, 7) is 4.75. The second kappa shape index (κ2) is 8.76. The van der Waals surface area contributed by atoms with Gasteiger partial charge in [-0.15, -0.1) is 0 Å². The Morgan fingerprint density at radius 3 is 2.30 bits per heavy atom. The van der Waals surface area contributed by atoms with E-state index in [9.17, 15) is 0 Å². The molecular formula is C39H28N4. The van der Waals surface area contributed by atoms with Crippen LogP contribution in [0.25, 0.3) is 66.7 Å². The van der Waals surface area contributed by atoms with Crippen molar-refractivity contribution < 1.29 is 0 Å². The summed E-state index contributed by atoms with van der Waals surface area (Å²) >= 11 is 0. The van der Waals surface area contributed by atoms with Crippen molar-refractivity contribution in [3.63, 3.8) is 0 Å². The van der Waals surface area contributed by atoms with Crippen molar-refractivity contribution >= 4 is 32.7 Å². The maximum absolute atomic E-state index is 5.24. The van der Waals surface area contributed by atoms with Crippen LogP contribution in [0.3, 0.4) is 0 Å². The molecule has 0 saturated heterocycles. The summed E-state index contributed by atoms with van der Waals surface area (Å²) in [5.41, 5.74) is 11.7. The summed E-state index contributed by atoms with van der Waals surface area (Å²) < 4.78 is 4.85. The van der Waals surface area contributed by atoms with E-state index in [2.05, 4.69) is 143 Å². The predicted octanol–water partition coefficient (Wildman–Crippen LogP) is 9.49. The van der Waals surface area contributed by atoms with E-state index in [0.717, 1.165) is 22.6 Å². The van der Waals surface area contributed by atoms with Gasteiger partial charge in [-0.05, 0) is 59.7 Å². The molecule has 0 radical (unpaired) electrons. The van der Waals surface area contributed by atoms with Crippen LogP contribution in [0.4, 0.5) is 0 Å². The average molecular weight is 553 g/mol. The van der Waals surface area contributed by atoms with Crippen LogP contribution in [0.5, 0.6) is 0 Å². The number of nitrogens with zero attached hydrogens (tertiary/aromatic N) is 4. The minimum atomic E-state index is -0.190. The third-order valence-corrected chi connectivity index (χ3v) is 9.18. The SMILES string of the molecule is CC1(C)c2ccccc2-c2c1c1c(ccc3c4ccccc4n(-c4cccc(-c5cccnc5)n4)c31)n2-c1ccccc1. The number of fused-ring (bicyclic) bond motifs is 9. The summed E-state index contributed by atoms with van der Waals surface area (Å²) in [5.74, 6) is 0.898. The fourth-order valence-electron chi connectivity index (χ4n) is 7.37. The summed E-state index contributed by atoms with van der Waals surface area (Å²) in [6, 6.07) is 43.3. The molecule has 4 heteroatoms. The second-order valence-corrected chi connectivity index (χ2v) is 11.9. The molecular weight excluding hydrogens is 524 g/mol. The van der Waals surface area contributed by atoms with Crippen LogP contribution >= 0.6 is 0 Å². The smallest absolute Gasteiger partial charge is 0.138 e. The summed E-state index contributed by atoms with van der Waals surface area (Å²) in [4.78, 5) is 9.59. The Labute approximate surface area is 249 Å². The van der Waals surface area contributed by atoms with Gasteiger partial charge in [-0.25, -0.2) is 4.98 Å². The molecule has 0 spiro atoms. The molecule has 1 aliphatic carbocycles. The number of hydrogen-bond donors (Lipinski definition) is 0. The Balaban J connectivity index is 1.48. The topological polar surface area (TPSA) is 35.6 Å². The van der Waals surface area contributed by atoms with Gasteiger partial charge in [-0.1, -0.05) is 86.6 Å². The number of rotatable bonds is 3. The highest BCUT2D eigenvalue weighted by molar-refractivity contribution is 6.21. The molecule has 0 fully saturated rings. The maximum Gasteiger partial charge on any atom is 0.138 e. The van der Waals surface area contributed by atoms with Crippen LogP contribution in [-0.4, -0.2) is 19.1 Å². The average Bonchev–Trinajstić information content (AvgIpc) is 3.67. The van der Waals surface area contributed by atoms with Crippen molar-refractivity contribution in [2.75, 3.05) is 0 Å². The zero-order valence-corrected chi connectivity index (χ0v) is 24.0. The van der Waals surface area contributed by atoms with E-state index in [4.69, 9.17) is 4.98 Å². The molecule has 8 aromatic rings. The van der Waals surface area contributed by atoms with Crippen LogP contribution in [0, 0.1) is 0 Å². The fourth-order valence-corrected chi connectivity index (χ4v) is 7.37. The Kier molecular flexibility index (Phi) is 4.92. The van der Waals surface area contributed by atoms with Gasteiger partial charge in [0.15, 0.2) is 0 Å². The number of para-hydroxylation sites is 2. The zero-order valence-electron chi connectivity index (χ0n) is 24.0. The van der Waals surface area contributed by atoms with E-state index in [1.807, 2.05) is 12.3 Å². The van der Waals surface area contributed by atoms with Crippen molar-refractivity contribution in [3.8, 4) is 34.0 Å². The van der Waals surface area contributed by atoms with Crippen molar-refractivity contribution in [1.29, 1.82) is 0 Å². The second-order valence-electron chi connectivity index (χ2n) is 11.9. The van der Waals surface area contributed by atoms with Gasteiger partial charge in [-0.3, -0.25) is 9.55 Å². The quantitative estimate of drug-likeness (QED) is 0.219. The molecule has 0 N–H and O–H groups in total. The number of aromatic nitrogens is 4. The molecule has 0 bridgehead atoms. The maximum atomic E-state index is 5.24. The van der Waals surface area contributed by atoms with Crippen molar-refractivity contribution in [2.24, 2.45) is 0 Å². The molecule has 0 amide bonds. The van der Waals surface area contributed by atoms with Crippen molar-refractivity contribution in [1.82, 2.24) is 19.1 Å². The van der Waals surface area contributed by atoms with Gasteiger partial charge < -0.3 is 4.57 Å². The molecule has 0 unspecified atom stereocenters. The van der Waals surface area contributed by atoms with Crippen LogP contribution in [0.15, 0.2) is 134 Å². The number of benzene rings is 4. The summed E-state index contributed by atoms with van der Waals surface area (Å²) in [6.07, 6.45) is 3.68. The molecule has 9 rings (SSSR count). The lowest BCUT2D eigenvalue weighted by atomic mass is 9.81. The predicted molar refractivity (Wildman–Crippen MR) is 176 cm³/mol. The standard InChI is InChI=1S/C39H28N4/c1-39(2)30-17-8-6-16-29(30)38-36(39)35-33(42(38)26-13-4-3-5-14-26)22-21-28-27-15-7-9-19-32(27)43(37(28)35)34-20-10-18-31(41-34)25-12-11-23-40-24-25/h3-24H,1-2H3. The van der Waals surface area contributed by atoms with Gasteiger partial charge in [0.1, 0.15) is 5.82 Å². The largest absolute Gasteiger partial charge is 0.309 e. The lowest BCUT2D eigenvalue weighted by Gasteiger charge is -2.22. The monoisotopic (exact) mass is 552 g/mol. The first-order chi connectivity index (χ1) is 21.1. The molecule has 1 aliphatic rings. The third-order valence-electron chi connectivity index (χ3n) is 9.18. The summed E-state index contributed by atoms with van der Waals surface area (Å²) in [5, 5.41) is 3.74. The van der Waals surface area contributed by atoms with Gasteiger partial charge in [0, 0.05) is 50.8 Å². The first kappa shape index (κ1) is 24.2. The first-order valence-corrected chi connectivity index (χ1v) is 14.8. The molecule has 4 heterocycles. The lowest BCUT2D eigenvalue weighted by Crippen LogP contribution is -2.15. The van der Waals surface area contributed by atoms with E-state index in [0.29, 0.717) is 0 Å². The van der Waals surface area contributed by atoms with E-state index >= 15 is 0 Å². The molecule has 0 aliphatic heterocycles. The zero-order chi connectivity index (χ0) is 28.7. The highest BCUT2D eigenvalue weighted by Gasteiger charge is 2.41. The fraction of sp³-hybridized carbons (Fsp3) is 0.0769. The van der Waals surface area contributed by atoms with Gasteiger partial charge in [0.25, 0.3) is 0 Å². The molecule has 4 aromatic heterocycles. The Morgan fingerprint density at radius 2 is 1.44 bits per heavy atom. The van der Waals surface area contributed by atoms with Crippen LogP contribution in [0.2, 0.25) is 0 Å². The van der Waals surface area contributed by atoms with Crippen molar-refractivity contribution in [3.05, 3.63) is 145 Å². The number of pyridine rings is 2. The van der Waals surface area contributed by atoms with Crippen LogP contribution < -0.4 is 0 Å². The number of hydrogen-bond acceptors (Lipinski definition) is 2. The minimum absolute atomic E-state index is 0.190. The Morgan fingerprint density at radius 1 is 0.628 bits per heavy atom. The summed E-state index contributed by atoms with van der Waals surface area (Å²) in [7, 11) is 0. The molecule has 0 saturated carbocycles. The Hall–Kier alpha value is -5.48. The van der Waals surface area contributed by atoms with E-state index in [-0.39, 0.29) is 5.41 Å². The lowest BCUT2D eigenvalue weighted by molar-refractivity contribution is 0.666. The first-order valence-electron chi connectivity index (χ1n) is 14.8. The highest BCUT2D eigenvalue weighted by atomic mass is 15.1. The van der Waals surface area contributed by atoms with E-state index < -0.39 is 0 Å². The van der Waals surface area contributed by atoms with Gasteiger partial charge in [0.05, 0.1) is 27.9 Å². The van der Waals surface area contributed by atoms with Crippen LogP contribution in [0.1, 0.15) is 25.0 Å². The van der Waals surface area contributed by atoms with Gasteiger partial charge >= 0.3 is 0 Å². The van der Waals surface area contributed by atoms with E-state index in [1.165, 1.54) is 55.3 Å². The molecule has 4 nitrogen and oxygen atoms in total. The molecule has 0 atom stereocenters. The van der Waals surface area contributed by atoms with Gasteiger partial charge in [0.2, 0.25) is 0 Å². The highest BCUT2D eigenvalue weighted by Crippen LogP contribution is 2.55. The van der Waals surface area contributed by atoms with E-state index in [1.54, 1.807) is 6.20 Å². The minimum Gasteiger partial charge on any atom is -0.309 e. The van der Waals surface area contributed by atoms with Crippen LogP contribution in [-0.2, 0) is 5.41 Å². The third kappa shape index (κ3) is 3.26. The molecule has 204 valence electrons. The van der Waals surface area contributed by atoms with Gasteiger partial charge in [-0.2, -0.15) is 0 Å². The Bertz CT molecular complexity index is 2360. The van der Waals surface area contributed by atoms with Crippen molar-refractivity contribution in [2.45, 2.75) is 19.3 Å². The normalized spacial score (nSPS) is 13.5.